The number of pyridine rings is 1. The van der Waals surface area contributed by atoms with Crippen molar-refractivity contribution in [3.63, 3.8) is 0 Å². The van der Waals surface area contributed by atoms with Crippen molar-refractivity contribution in [2.75, 3.05) is 12.3 Å². The highest BCUT2D eigenvalue weighted by Gasteiger charge is 2.33. The molecule has 0 spiro atoms. The third kappa shape index (κ3) is 5.79. The largest absolute Gasteiger partial charge is 0.416 e. The molecule has 27 heavy (non-hydrogen) atoms. The first-order chi connectivity index (χ1) is 12.3. The number of nitrogens with zero attached hydrogens (tertiary/aromatic N) is 1. The zero-order chi connectivity index (χ0) is 20.5. The van der Waals surface area contributed by atoms with Gasteiger partial charge in [-0.3, -0.25) is 0 Å². The molecule has 0 saturated heterocycles. The first-order valence-electron chi connectivity index (χ1n) is 7.04. The molecule has 6 nitrogen and oxygen atoms in total. The fourth-order valence-electron chi connectivity index (χ4n) is 1.91. The van der Waals surface area contributed by atoms with Crippen LogP contribution in [-0.4, -0.2) is 34.1 Å². The molecular weight excluding hydrogens is 452 g/mol. The van der Waals surface area contributed by atoms with Gasteiger partial charge in [-0.25, -0.2) is 26.5 Å². The summed E-state index contributed by atoms with van der Waals surface area (Å²) >= 11 is 11.1. The highest BCUT2D eigenvalue weighted by atomic mass is 35.5. The number of aromatic nitrogens is 1. The number of alkyl halides is 3. The van der Waals surface area contributed by atoms with E-state index in [-0.39, 0.29) is 4.90 Å². The van der Waals surface area contributed by atoms with Crippen LogP contribution in [0, 0.1) is 0 Å². The van der Waals surface area contributed by atoms with Gasteiger partial charge in [-0.1, -0.05) is 23.2 Å². The number of sulfone groups is 1. The van der Waals surface area contributed by atoms with Gasteiger partial charge in [0.15, 0.2) is 14.9 Å². The molecule has 0 bridgehead atoms. The van der Waals surface area contributed by atoms with Crippen LogP contribution in [0.15, 0.2) is 46.3 Å². The third-order valence-corrected chi connectivity index (χ3v) is 6.71. The van der Waals surface area contributed by atoms with Gasteiger partial charge in [0.1, 0.15) is 5.15 Å². The van der Waals surface area contributed by atoms with Gasteiger partial charge in [-0.15, -0.1) is 0 Å². The maximum atomic E-state index is 12.8. The zero-order valence-corrected chi connectivity index (χ0v) is 16.3. The summed E-state index contributed by atoms with van der Waals surface area (Å²) in [4.78, 5) is 3.24. The van der Waals surface area contributed by atoms with Gasteiger partial charge < -0.3 is 0 Å². The Kier molecular flexibility index (Phi) is 6.42. The van der Waals surface area contributed by atoms with Crippen molar-refractivity contribution in [3.8, 4) is 0 Å². The Morgan fingerprint density at radius 1 is 1.00 bits per heavy atom. The van der Waals surface area contributed by atoms with Crippen LogP contribution < -0.4 is 4.72 Å². The number of sulfonamides is 1. The lowest BCUT2D eigenvalue weighted by atomic mass is 10.3. The van der Waals surface area contributed by atoms with E-state index in [1.54, 1.807) is 0 Å². The molecule has 1 aromatic heterocycles. The summed E-state index contributed by atoms with van der Waals surface area (Å²) < 4.78 is 88.9. The van der Waals surface area contributed by atoms with Crippen LogP contribution in [0.2, 0.25) is 10.2 Å². The van der Waals surface area contributed by atoms with Gasteiger partial charge in [0, 0.05) is 11.6 Å². The number of halogens is 5. The molecule has 0 atom stereocenters. The maximum Gasteiger partial charge on any atom is 0.416 e. The Morgan fingerprint density at radius 2 is 1.59 bits per heavy atom. The molecule has 0 fully saturated rings. The highest BCUT2D eigenvalue weighted by Crippen LogP contribution is 2.31. The Bertz CT molecular complexity index is 1040. The van der Waals surface area contributed by atoms with Crippen molar-refractivity contribution in [1.82, 2.24) is 9.71 Å². The van der Waals surface area contributed by atoms with E-state index < -0.39 is 54.1 Å². The van der Waals surface area contributed by atoms with Gasteiger partial charge >= 0.3 is 6.18 Å². The summed E-state index contributed by atoms with van der Waals surface area (Å²) in [6.07, 6.45) is -4.81. The number of hydrogen-bond donors (Lipinski definition) is 1. The van der Waals surface area contributed by atoms with Crippen LogP contribution >= 0.6 is 23.2 Å². The van der Waals surface area contributed by atoms with Crippen LogP contribution in [0.3, 0.4) is 0 Å². The van der Waals surface area contributed by atoms with Crippen LogP contribution in [0.5, 0.6) is 0 Å². The lowest BCUT2D eigenvalue weighted by Gasteiger charge is -2.10. The van der Waals surface area contributed by atoms with E-state index in [9.17, 15) is 30.0 Å². The van der Waals surface area contributed by atoms with Crippen molar-refractivity contribution < 1.29 is 30.0 Å². The van der Waals surface area contributed by atoms with Crippen molar-refractivity contribution in [2.45, 2.75) is 16.1 Å². The lowest BCUT2D eigenvalue weighted by Crippen LogP contribution is -2.29. The molecule has 0 radical (unpaired) electrons. The van der Waals surface area contributed by atoms with E-state index in [2.05, 4.69) is 4.98 Å². The van der Waals surface area contributed by atoms with Crippen LogP contribution in [-0.2, 0) is 26.0 Å². The Labute approximate surface area is 163 Å². The van der Waals surface area contributed by atoms with Crippen LogP contribution in [0.4, 0.5) is 13.2 Å². The molecule has 2 aromatic rings. The summed E-state index contributed by atoms with van der Waals surface area (Å²) in [5, 5.41) is -1.23. The molecule has 148 valence electrons. The molecule has 1 aromatic carbocycles. The Morgan fingerprint density at radius 3 is 2.15 bits per heavy atom. The standard InChI is InChI=1S/C14H11Cl2F3N2O4S2/c15-10-1-3-11(4-2-10)27(24,25)20-5-6-26(22,23)13-8-9(14(17,18)19)7-12(16)21-13/h1-4,7-8,20H,5-6H2. The van der Waals surface area contributed by atoms with E-state index in [4.69, 9.17) is 23.2 Å². The van der Waals surface area contributed by atoms with Crippen molar-refractivity contribution >= 4 is 43.1 Å². The minimum absolute atomic E-state index is 0.149. The van der Waals surface area contributed by atoms with Gasteiger partial charge in [0.25, 0.3) is 0 Å². The second-order valence-electron chi connectivity index (χ2n) is 5.19. The summed E-state index contributed by atoms with van der Waals surface area (Å²) in [5.74, 6) is -0.815. The molecule has 13 heteroatoms. The second kappa shape index (κ2) is 7.92. The molecule has 0 aliphatic carbocycles. The molecule has 0 unspecified atom stereocenters. The van der Waals surface area contributed by atoms with Gasteiger partial charge in [-0.2, -0.15) is 13.2 Å². The normalized spacial score (nSPS) is 12.9. The summed E-state index contributed by atoms with van der Waals surface area (Å²) in [6, 6.07) is 5.93. The summed E-state index contributed by atoms with van der Waals surface area (Å²) in [7, 11) is -8.34. The molecule has 0 saturated carbocycles. The van der Waals surface area contributed by atoms with E-state index in [1.165, 1.54) is 24.3 Å². The molecule has 1 heterocycles. The molecule has 1 N–H and O–H groups in total. The minimum atomic E-state index is -4.81. The molecular formula is C14H11Cl2F3N2O4S2. The predicted molar refractivity (Wildman–Crippen MR) is 92.9 cm³/mol. The minimum Gasteiger partial charge on any atom is -0.225 e. The number of benzene rings is 1. The number of nitrogens with one attached hydrogen (secondary N) is 1. The molecule has 0 aliphatic heterocycles. The average molecular weight is 463 g/mol. The SMILES string of the molecule is O=S(=O)(CCNS(=O)(=O)c1ccc(Cl)cc1)c1cc(C(F)(F)F)cc(Cl)n1. The maximum absolute atomic E-state index is 12.8. The van der Waals surface area contributed by atoms with Crippen molar-refractivity contribution in [2.24, 2.45) is 0 Å². The van der Waals surface area contributed by atoms with Crippen LogP contribution in [0.1, 0.15) is 5.56 Å². The smallest absolute Gasteiger partial charge is 0.225 e. The molecule has 0 amide bonds. The highest BCUT2D eigenvalue weighted by molar-refractivity contribution is 7.91. The topological polar surface area (TPSA) is 93.2 Å². The third-order valence-electron chi connectivity index (χ3n) is 3.20. The van der Waals surface area contributed by atoms with E-state index in [0.717, 1.165) is 0 Å². The van der Waals surface area contributed by atoms with Crippen LogP contribution in [0.25, 0.3) is 0 Å². The van der Waals surface area contributed by atoms with E-state index in [1.807, 2.05) is 4.72 Å². The molecule has 2 rings (SSSR count). The van der Waals surface area contributed by atoms with Crippen molar-refractivity contribution in [3.05, 3.63) is 52.1 Å². The lowest BCUT2D eigenvalue weighted by molar-refractivity contribution is -0.137. The number of hydrogen-bond acceptors (Lipinski definition) is 5. The molecule has 0 aliphatic rings. The van der Waals surface area contributed by atoms with Gasteiger partial charge in [-0.05, 0) is 36.4 Å². The summed E-state index contributed by atoms with van der Waals surface area (Å²) in [6.45, 7) is -0.581. The Balaban J connectivity index is 2.16. The second-order valence-corrected chi connectivity index (χ2v) is 9.83. The van der Waals surface area contributed by atoms with Crippen molar-refractivity contribution in [1.29, 1.82) is 0 Å². The van der Waals surface area contributed by atoms with E-state index >= 15 is 0 Å². The monoisotopic (exact) mass is 462 g/mol. The van der Waals surface area contributed by atoms with Gasteiger partial charge in [0.2, 0.25) is 10.0 Å². The summed E-state index contributed by atoms with van der Waals surface area (Å²) in [5.41, 5.74) is -1.28. The fourth-order valence-corrected chi connectivity index (χ4v) is 4.58. The zero-order valence-electron chi connectivity index (χ0n) is 13.2. The average Bonchev–Trinajstić information content (AvgIpc) is 2.53. The van der Waals surface area contributed by atoms with E-state index in [0.29, 0.717) is 17.2 Å². The fraction of sp³-hybridized carbons (Fsp3) is 0.214. The quantitative estimate of drug-likeness (QED) is 0.665. The van der Waals surface area contributed by atoms with Gasteiger partial charge in [0.05, 0.1) is 16.2 Å². The Hall–Kier alpha value is -1.40. The first kappa shape index (κ1) is 21.9. The first-order valence-corrected chi connectivity index (χ1v) is 10.9. The number of rotatable bonds is 6. The predicted octanol–water partition coefficient (Wildman–Crippen LogP) is 3.16.